The van der Waals surface area contributed by atoms with Crippen LogP contribution in [0, 0.1) is 12.8 Å². The molecule has 96 valence electrons. The van der Waals surface area contributed by atoms with Crippen LogP contribution in [0.4, 0.5) is 0 Å². The standard InChI is InChI=1S/C11H16ClN3O.ClH/c1-8-6-10(15-11(12)14-8)16-7-9-2-4-13-5-3-9;/h6,9,13H,2-5,7H2,1H3;1H. The lowest BCUT2D eigenvalue weighted by Crippen LogP contribution is -2.30. The molecule has 0 radical (unpaired) electrons. The first-order valence-electron chi connectivity index (χ1n) is 5.59. The van der Waals surface area contributed by atoms with Gasteiger partial charge in [0.2, 0.25) is 11.2 Å². The van der Waals surface area contributed by atoms with E-state index in [9.17, 15) is 0 Å². The Kier molecular flexibility index (Phi) is 5.95. The van der Waals surface area contributed by atoms with Crippen LogP contribution in [0.3, 0.4) is 0 Å². The minimum absolute atomic E-state index is 0. The fourth-order valence-electron chi connectivity index (χ4n) is 1.83. The van der Waals surface area contributed by atoms with Crippen molar-refractivity contribution in [3.8, 4) is 5.88 Å². The molecule has 0 saturated carbocycles. The number of hydrogen-bond acceptors (Lipinski definition) is 4. The highest BCUT2D eigenvalue weighted by Crippen LogP contribution is 2.16. The number of hydrogen-bond donors (Lipinski definition) is 1. The van der Waals surface area contributed by atoms with Crippen LogP contribution in [0.25, 0.3) is 0 Å². The van der Waals surface area contributed by atoms with E-state index in [1.54, 1.807) is 0 Å². The number of nitrogens with one attached hydrogen (secondary N) is 1. The third-order valence-corrected chi connectivity index (χ3v) is 2.90. The zero-order chi connectivity index (χ0) is 11.4. The van der Waals surface area contributed by atoms with Crippen molar-refractivity contribution in [1.29, 1.82) is 0 Å². The molecule has 1 aliphatic rings. The third-order valence-electron chi connectivity index (χ3n) is 2.73. The minimum Gasteiger partial charge on any atom is -0.477 e. The predicted octanol–water partition coefficient (Wildman–Crippen LogP) is 2.24. The molecule has 1 fully saturated rings. The average molecular weight is 278 g/mol. The number of rotatable bonds is 3. The summed E-state index contributed by atoms with van der Waals surface area (Å²) in [7, 11) is 0. The van der Waals surface area contributed by atoms with Crippen molar-refractivity contribution in [3.63, 3.8) is 0 Å². The van der Waals surface area contributed by atoms with Gasteiger partial charge in [-0.05, 0) is 50.4 Å². The van der Waals surface area contributed by atoms with Crippen LogP contribution in [0.2, 0.25) is 5.28 Å². The van der Waals surface area contributed by atoms with Gasteiger partial charge in [0.1, 0.15) is 0 Å². The maximum Gasteiger partial charge on any atom is 0.225 e. The number of aromatic nitrogens is 2. The van der Waals surface area contributed by atoms with Gasteiger partial charge in [-0.25, -0.2) is 4.98 Å². The van der Waals surface area contributed by atoms with Crippen molar-refractivity contribution in [3.05, 3.63) is 17.0 Å². The number of nitrogens with zero attached hydrogens (tertiary/aromatic N) is 2. The van der Waals surface area contributed by atoms with E-state index in [1.807, 2.05) is 13.0 Å². The second-order valence-electron chi connectivity index (χ2n) is 4.12. The van der Waals surface area contributed by atoms with E-state index in [0.717, 1.165) is 31.6 Å². The Hall–Kier alpha value is -0.580. The topological polar surface area (TPSA) is 47.0 Å². The van der Waals surface area contributed by atoms with Crippen LogP contribution in [0.15, 0.2) is 6.07 Å². The Bertz CT molecular complexity index is 336. The van der Waals surface area contributed by atoms with Crippen LogP contribution in [-0.4, -0.2) is 29.7 Å². The first-order valence-corrected chi connectivity index (χ1v) is 5.96. The number of aryl methyl sites for hydroxylation is 1. The summed E-state index contributed by atoms with van der Waals surface area (Å²) in [5, 5.41) is 3.58. The minimum atomic E-state index is 0. The molecule has 0 atom stereocenters. The highest BCUT2D eigenvalue weighted by atomic mass is 35.5. The summed E-state index contributed by atoms with van der Waals surface area (Å²) in [6.07, 6.45) is 2.33. The molecule has 4 nitrogen and oxygen atoms in total. The zero-order valence-corrected chi connectivity index (χ0v) is 11.4. The molecule has 0 aliphatic carbocycles. The third kappa shape index (κ3) is 4.66. The fourth-order valence-corrected chi connectivity index (χ4v) is 2.05. The zero-order valence-electron chi connectivity index (χ0n) is 9.78. The summed E-state index contributed by atoms with van der Waals surface area (Å²) in [5.74, 6) is 1.20. The lowest BCUT2D eigenvalue weighted by atomic mass is 9.99. The number of halogens is 2. The van der Waals surface area contributed by atoms with E-state index >= 15 is 0 Å². The second kappa shape index (κ2) is 6.99. The molecular weight excluding hydrogens is 261 g/mol. The Morgan fingerprint density at radius 1 is 1.41 bits per heavy atom. The van der Waals surface area contributed by atoms with Gasteiger partial charge in [0.25, 0.3) is 0 Å². The molecule has 0 aromatic carbocycles. The molecule has 0 amide bonds. The summed E-state index contributed by atoms with van der Waals surface area (Å²) in [6, 6.07) is 1.81. The van der Waals surface area contributed by atoms with E-state index in [4.69, 9.17) is 16.3 Å². The normalized spacial score (nSPS) is 16.4. The molecule has 1 aliphatic heterocycles. The molecule has 2 rings (SSSR count). The van der Waals surface area contributed by atoms with Gasteiger partial charge >= 0.3 is 0 Å². The lowest BCUT2D eigenvalue weighted by Gasteiger charge is -2.22. The van der Waals surface area contributed by atoms with E-state index in [-0.39, 0.29) is 17.7 Å². The van der Waals surface area contributed by atoms with Gasteiger partial charge in [-0.15, -0.1) is 12.4 Å². The van der Waals surface area contributed by atoms with Crippen LogP contribution < -0.4 is 10.1 Å². The van der Waals surface area contributed by atoms with E-state index in [1.165, 1.54) is 0 Å². The summed E-state index contributed by atoms with van der Waals surface area (Å²) in [6.45, 7) is 4.76. The molecule has 1 saturated heterocycles. The SMILES string of the molecule is Cc1cc(OCC2CCNCC2)nc(Cl)n1.Cl. The largest absolute Gasteiger partial charge is 0.477 e. The fraction of sp³-hybridized carbons (Fsp3) is 0.636. The Balaban J connectivity index is 0.00000144. The van der Waals surface area contributed by atoms with Crippen LogP contribution in [0.5, 0.6) is 5.88 Å². The quantitative estimate of drug-likeness (QED) is 0.861. The van der Waals surface area contributed by atoms with Crippen molar-refractivity contribution in [2.75, 3.05) is 19.7 Å². The predicted molar refractivity (Wildman–Crippen MR) is 70.1 cm³/mol. The highest BCUT2D eigenvalue weighted by molar-refractivity contribution is 6.28. The van der Waals surface area contributed by atoms with Gasteiger partial charge < -0.3 is 10.1 Å². The maximum atomic E-state index is 5.76. The number of piperidine rings is 1. The van der Waals surface area contributed by atoms with Crippen molar-refractivity contribution in [2.45, 2.75) is 19.8 Å². The molecule has 0 unspecified atom stereocenters. The highest BCUT2D eigenvalue weighted by Gasteiger charge is 2.14. The molecule has 17 heavy (non-hydrogen) atoms. The van der Waals surface area contributed by atoms with Gasteiger partial charge in [-0.3, -0.25) is 0 Å². The molecule has 1 aromatic rings. The molecular formula is C11H17Cl2N3O. The lowest BCUT2D eigenvalue weighted by molar-refractivity contribution is 0.208. The van der Waals surface area contributed by atoms with Crippen molar-refractivity contribution >= 4 is 24.0 Å². The summed E-state index contributed by atoms with van der Waals surface area (Å²) in [4.78, 5) is 8.03. The number of ether oxygens (including phenoxy) is 1. The van der Waals surface area contributed by atoms with E-state index in [0.29, 0.717) is 18.4 Å². The van der Waals surface area contributed by atoms with Crippen LogP contribution in [0.1, 0.15) is 18.5 Å². The van der Waals surface area contributed by atoms with Crippen molar-refractivity contribution < 1.29 is 4.74 Å². The Morgan fingerprint density at radius 2 is 2.12 bits per heavy atom. The van der Waals surface area contributed by atoms with Gasteiger partial charge in [0, 0.05) is 11.8 Å². The van der Waals surface area contributed by atoms with Crippen LogP contribution in [-0.2, 0) is 0 Å². The molecule has 2 heterocycles. The van der Waals surface area contributed by atoms with Gasteiger partial charge in [-0.2, -0.15) is 4.98 Å². The van der Waals surface area contributed by atoms with E-state index in [2.05, 4.69) is 15.3 Å². The Labute approximate surface area is 113 Å². The molecule has 0 spiro atoms. The van der Waals surface area contributed by atoms with Crippen molar-refractivity contribution in [1.82, 2.24) is 15.3 Å². The van der Waals surface area contributed by atoms with Crippen LogP contribution >= 0.6 is 24.0 Å². The first kappa shape index (κ1) is 14.5. The van der Waals surface area contributed by atoms with Gasteiger partial charge in [0.05, 0.1) is 6.61 Å². The average Bonchev–Trinajstić information content (AvgIpc) is 2.27. The Morgan fingerprint density at radius 3 is 2.76 bits per heavy atom. The van der Waals surface area contributed by atoms with Crippen molar-refractivity contribution in [2.24, 2.45) is 5.92 Å². The molecule has 1 N–H and O–H groups in total. The molecule has 6 heteroatoms. The van der Waals surface area contributed by atoms with Gasteiger partial charge in [0.15, 0.2) is 0 Å². The molecule has 0 bridgehead atoms. The first-order chi connectivity index (χ1) is 7.74. The van der Waals surface area contributed by atoms with E-state index < -0.39 is 0 Å². The summed E-state index contributed by atoms with van der Waals surface area (Å²) in [5.41, 5.74) is 0.834. The monoisotopic (exact) mass is 277 g/mol. The summed E-state index contributed by atoms with van der Waals surface area (Å²) >= 11 is 5.76. The van der Waals surface area contributed by atoms with Gasteiger partial charge in [-0.1, -0.05) is 0 Å². The maximum absolute atomic E-state index is 5.76. The summed E-state index contributed by atoms with van der Waals surface area (Å²) < 4.78 is 5.64. The second-order valence-corrected chi connectivity index (χ2v) is 4.46. The smallest absolute Gasteiger partial charge is 0.225 e. The molecule has 1 aromatic heterocycles.